The number of methoxy groups -OCH3 is 1. The number of nitrogens with one attached hydrogen (secondary N) is 1. The number of anilines is 1. The van der Waals surface area contributed by atoms with Crippen LogP contribution >= 0.6 is 11.5 Å². The Bertz CT molecular complexity index is 622. The number of hydrogen-bond acceptors (Lipinski definition) is 6. The minimum atomic E-state index is -0.279. The highest BCUT2D eigenvalue weighted by molar-refractivity contribution is 7.09. The van der Waals surface area contributed by atoms with E-state index in [4.69, 9.17) is 4.74 Å². The number of hydrogen-bond donors (Lipinski definition) is 1. The van der Waals surface area contributed by atoms with Gasteiger partial charge in [0.1, 0.15) is 11.5 Å². The Hall–Kier alpha value is -2.28. The molecule has 1 aromatic carbocycles. The van der Waals surface area contributed by atoms with Gasteiger partial charge in [-0.2, -0.15) is 4.37 Å². The fourth-order valence-electron chi connectivity index (χ4n) is 1.51. The number of nitrogens with zero attached hydrogens (tertiary/aromatic N) is 2. The summed E-state index contributed by atoms with van der Waals surface area (Å²) in [4.78, 5) is 27.0. The number of ketones is 1. The van der Waals surface area contributed by atoms with Crippen LogP contribution < -0.4 is 10.1 Å². The molecule has 0 unspecified atom stereocenters. The van der Waals surface area contributed by atoms with E-state index < -0.39 is 0 Å². The number of ether oxygens (including phenoxy) is 1. The van der Waals surface area contributed by atoms with Crippen LogP contribution in [0.15, 0.2) is 24.3 Å². The largest absolute Gasteiger partial charge is 0.497 e. The lowest BCUT2D eigenvalue weighted by Crippen LogP contribution is -2.11. The molecule has 0 atom stereocenters. The Morgan fingerprint density at radius 1 is 1.30 bits per heavy atom. The second-order valence-electron chi connectivity index (χ2n) is 4.08. The molecule has 2 aromatic rings. The third-order valence-electron chi connectivity index (χ3n) is 2.45. The predicted molar refractivity (Wildman–Crippen MR) is 75.2 cm³/mol. The van der Waals surface area contributed by atoms with Crippen LogP contribution in [0.25, 0.3) is 0 Å². The molecule has 0 aliphatic rings. The summed E-state index contributed by atoms with van der Waals surface area (Å²) in [6.07, 6.45) is 0.176. The summed E-state index contributed by atoms with van der Waals surface area (Å²) >= 11 is 1.05. The van der Waals surface area contributed by atoms with Crippen LogP contribution in [0, 0.1) is 0 Å². The van der Waals surface area contributed by atoms with Gasteiger partial charge in [0.2, 0.25) is 5.13 Å². The first-order chi connectivity index (χ1) is 9.58. The van der Waals surface area contributed by atoms with Crippen LogP contribution in [-0.2, 0) is 11.2 Å². The van der Waals surface area contributed by atoms with E-state index in [2.05, 4.69) is 14.7 Å². The maximum absolute atomic E-state index is 12.0. The van der Waals surface area contributed by atoms with Gasteiger partial charge < -0.3 is 4.74 Å². The Kier molecular flexibility index (Phi) is 4.41. The fourth-order valence-corrected chi connectivity index (χ4v) is 2.09. The van der Waals surface area contributed by atoms with Gasteiger partial charge in [-0.25, -0.2) is 4.98 Å². The molecule has 1 N–H and O–H groups in total. The zero-order valence-electron chi connectivity index (χ0n) is 11.0. The summed E-state index contributed by atoms with van der Waals surface area (Å²) in [6.45, 7) is 1.47. The number of Topliss-reactive ketones (excluding diaryl/α,β-unsaturated/α-hetero) is 1. The summed E-state index contributed by atoms with van der Waals surface area (Å²) in [5, 5.41) is 3.02. The van der Waals surface area contributed by atoms with Crippen LogP contribution in [0.1, 0.15) is 23.1 Å². The Morgan fingerprint density at radius 2 is 2.00 bits per heavy atom. The number of carbonyl (C=O) groups is 2. The molecule has 0 radical (unpaired) electrons. The average molecular weight is 291 g/mol. The van der Waals surface area contributed by atoms with Crippen molar-refractivity contribution >= 4 is 28.4 Å². The molecule has 20 heavy (non-hydrogen) atoms. The fraction of sp³-hybridized carbons (Fsp3) is 0.231. The number of rotatable bonds is 5. The van der Waals surface area contributed by atoms with Gasteiger partial charge in [-0.15, -0.1) is 0 Å². The SMILES string of the molecule is COc1ccc(C(=O)Nc2nc(CC(C)=O)ns2)cc1. The second-order valence-corrected chi connectivity index (χ2v) is 4.83. The highest BCUT2D eigenvalue weighted by Crippen LogP contribution is 2.15. The molecule has 7 heteroatoms. The van der Waals surface area contributed by atoms with Gasteiger partial charge in [-0.05, 0) is 31.2 Å². The van der Waals surface area contributed by atoms with E-state index in [-0.39, 0.29) is 18.1 Å². The second kappa shape index (κ2) is 6.25. The van der Waals surface area contributed by atoms with Crippen molar-refractivity contribution in [3.63, 3.8) is 0 Å². The van der Waals surface area contributed by atoms with Crippen LogP contribution in [0.2, 0.25) is 0 Å². The molecule has 104 valence electrons. The molecule has 1 amide bonds. The van der Waals surface area contributed by atoms with Gasteiger partial charge >= 0.3 is 0 Å². The molecular formula is C13H13N3O3S. The lowest BCUT2D eigenvalue weighted by atomic mass is 10.2. The highest BCUT2D eigenvalue weighted by atomic mass is 32.1. The first-order valence-corrected chi connectivity index (χ1v) is 6.63. The van der Waals surface area contributed by atoms with Crippen LogP contribution in [0.4, 0.5) is 5.13 Å². The van der Waals surface area contributed by atoms with Gasteiger partial charge in [0, 0.05) is 17.1 Å². The van der Waals surface area contributed by atoms with Crippen molar-refractivity contribution in [2.24, 2.45) is 0 Å². The lowest BCUT2D eigenvalue weighted by Gasteiger charge is -2.02. The minimum Gasteiger partial charge on any atom is -0.497 e. The van der Waals surface area contributed by atoms with Crippen molar-refractivity contribution < 1.29 is 14.3 Å². The minimum absolute atomic E-state index is 0.0177. The van der Waals surface area contributed by atoms with Crippen molar-refractivity contribution in [3.05, 3.63) is 35.7 Å². The van der Waals surface area contributed by atoms with Crippen molar-refractivity contribution in [1.82, 2.24) is 9.36 Å². The third kappa shape index (κ3) is 3.61. The molecule has 1 heterocycles. The summed E-state index contributed by atoms with van der Waals surface area (Å²) in [5.41, 5.74) is 0.495. The predicted octanol–water partition coefficient (Wildman–Crippen LogP) is 1.93. The molecule has 0 spiro atoms. The summed E-state index contributed by atoms with van der Waals surface area (Å²) in [7, 11) is 1.56. The molecule has 6 nitrogen and oxygen atoms in total. The molecule has 0 fully saturated rings. The van der Waals surface area contributed by atoms with Gasteiger partial charge in [-0.1, -0.05) is 0 Å². The molecule has 0 saturated carbocycles. The van der Waals surface area contributed by atoms with E-state index >= 15 is 0 Å². The van der Waals surface area contributed by atoms with Gasteiger partial charge in [-0.3, -0.25) is 14.9 Å². The molecule has 0 aliphatic heterocycles. The van der Waals surface area contributed by atoms with Crippen molar-refractivity contribution in [3.8, 4) is 5.75 Å². The average Bonchev–Trinajstić information content (AvgIpc) is 2.85. The van der Waals surface area contributed by atoms with Crippen molar-refractivity contribution in [1.29, 1.82) is 0 Å². The van der Waals surface area contributed by atoms with Crippen LogP contribution in [0.5, 0.6) is 5.75 Å². The Labute approximate surface area is 120 Å². The molecule has 0 bridgehead atoms. The Balaban J connectivity index is 2.03. The first kappa shape index (κ1) is 14.1. The lowest BCUT2D eigenvalue weighted by molar-refractivity contribution is -0.116. The summed E-state index contributed by atoms with van der Waals surface area (Å²) < 4.78 is 9.03. The zero-order chi connectivity index (χ0) is 14.5. The van der Waals surface area contributed by atoms with E-state index in [1.165, 1.54) is 6.92 Å². The maximum Gasteiger partial charge on any atom is 0.257 e. The molecule has 1 aromatic heterocycles. The standard InChI is InChI=1S/C13H13N3O3S/c1-8(17)7-11-14-13(20-16-11)15-12(18)9-3-5-10(19-2)6-4-9/h3-6H,7H2,1-2H3,(H,14,15,16,18). The van der Waals surface area contributed by atoms with Crippen LogP contribution in [-0.4, -0.2) is 28.2 Å². The molecule has 0 aliphatic carbocycles. The van der Waals surface area contributed by atoms with Gasteiger partial charge in [0.05, 0.1) is 13.5 Å². The summed E-state index contributed by atoms with van der Waals surface area (Å²) in [6, 6.07) is 6.73. The monoisotopic (exact) mass is 291 g/mol. The van der Waals surface area contributed by atoms with E-state index in [1.807, 2.05) is 0 Å². The Morgan fingerprint density at radius 3 is 2.60 bits per heavy atom. The first-order valence-electron chi connectivity index (χ1n) is 5.86. The van der Waals surface area contributed by atoms with Gasteiger partial charge in [0.15, 0.2) is 5.82 Å². The van der Waals surface area contributed by atoms with E-state index in [9.17, 15) is 9.59 Å². The third-order valence-corrected chi connectivity index (χ3v) is 3.12. The highest BCUT2D eigenvalue weighted by Gasteiger charge is 2.11. The smallest absolute Gasteiger partial charge is 0.257 e. The van der Waals surface area contributed by atoms with Crippen LogP contribution in [0.3, 0.4) is 0 Å². The quantitative estimate of drug-likeness (QED) is 0.910. The summed E-state index contributed by atoms with van der Waals surface area (Å²) in [5.74, 6) is 0.808. The zero-order valence-corrected chi connectivity index (χ0v) is 11.9. The molecule has 2 rings (SSSR count). The molecule has 0 saturated heterocycles. The number of aromatic nitrogens is 2. The number of benzene rings is 1. The van der Waals surface area contributed by atoms with E-state index in [1.54, 1.807) is 31.4 Å². The van der Waals surface area contributed by atoms with Crippen molar-refractivity contribution in [2.45, 2.75) is 13.3 Å². The molecular weight excluding hydrogens is 278 g/mol. The van der Waals surface area contributed by atoms with E-state index in [0.29, 0.717) is 22.3 Å². The number of carbonyl (C=O) groups excluding carboxylic acids is 2. The normalized spacial score (nSPS) is 10.1. The maximum atomic E-state index is 12.0. The van der Waals surface area contributed by atoms with Gasteiger partial charge in [0.25, 0.3) is 5.91 Å². The van der Waals surface area contributed by atoms with Crippen molar-refractivity contribution in [2.75, 3.05) is 12.4 Å². The number of amides is 1. The van der Waals surface area contributed by atoms with E-state index in [0.717, 1.165) is 11.5 Å². The topological polar surface area (TPSA) is 81.2 Å².